The van der Waals surface area contributed by atoms with Crippen molar-refractivity contribution in [3.05, 3.63) is 35.4 Å². The highest BCUT2D eigenvalue weighted by molar-refractivity contribution is 5.21. The minimum Gasteiger partial charge on any atom is -0.310 e. The Morgan fingerprint density at radius 1 is 1.29 bits per heavy atom. The van der Waals surface area contributed by atoms with Crippen molar-refractivity contribution < 1.29 is 8.78 Å². The van der Waals surface area contributed by atoms with Gasteiger partial charge < -0.3 is 10.2 Å². The number of hydrogen-bond acceptors (Lipinski definition) is 2. The molecule has 1 heterocycles. The van der Waals surface area contributed by atoms with Crippen LogP contribution in [0.2, 0.25) is 0 Å². The number of piperidine rings is 1. The molecule has 1 aliphatic rings. The molecule has 1 saturated heterocycles. The van der Waals surface area contributed by atoms with Gasteiger partial charge in [-0.1, -0.05) is 6.92 Å². The first-order valence-electron chi connectivity index (χ1n) is 7.97. The fourth-order valence-electron chi connectivity index (χ4n) is 2.86. The molecular formula is C17H26F2N2. The summed E-state index contributed by atoms with van der Waals surface area (Å²) < 4.78 is 26.8. The summed E-state index contributed by atoms with van der Waals surface area (Å²) in [6.07, 6.45) is 3.62. The molecule has 0 bridgehead atoms. The van der Waals surface area contributed by atoms with Crippen molar-refractivity contribution in [2.45, 2.75) is 39.2 Å². The van der Waals surface area contributed by atoms with Crippen LogP contribution in [-0.4, -0.2) is 31.1 Å². The van der Waals surface area contributed by atoms with Gasteiger partial charge in [0.2, 0.25) is 0 Å². The first kappa shape index (κ1) is 16.4. The number of halogens is 2. The molecule has 1 atom stereocenters. The zero-order chi connectivity index (χ0) is 15.2. The van der Waals surface area contributed by atoms with Crippen molar-refractivity contribution in [1.29, 1.82) is 0 Å². The summed E-state index contributed by atoms with van der Waals surface area (Å²) in [5, 5.41) is 3.28. The van der Waals surface area contributed by atoms with Crippen molar-refractivity contribution in [1.82, 2.24) is 10.2 Å². The lowest BCUT2D eigenvalue weighted by molar-refractivity contribution is 0.190. The van der Waals surface area contributed by atoms with Crippen molar-refractivity contribution >= 4 is 0 Å². The van der Waals surface area contributed by atoms with Gasteiger partial charge in [0.05, 0.1) is 0 Å². The summed E-state index contributed by atoms with van der Waals surface area (Å²) in [7, 11) is 0. The minimum atomic E-state index is -0.387. The Bertz CT molecular complexity index is 442. The van der Waals surface area contributed by atoms with Gasteiger partial charge in [-0.05, 0) is 76.5 Å². The third-order valence-corrected chi connectivity index (χ3v) is 4.40. The number of rotatable bonds is 6. The third kappa shape index (κ3) is 5.04. The van der Waals surface area contributed by atoms with E-state index in [1.807, 2.05) is 6.92 Å². The molecule has 4 heteroatoms. The Balaban J connectivity index is 1.69. The van der Waals surface area contributed by atoms with E-state index in [0.29, 0.717) is 5.56 Å². The van der Waals surface area contributed by atoms with Gasteiger partial charge in [0.15, 0.2) is 0 Å². The molecular weight excluding hydrogens is 270 g/mol. The van der Waals surface area contributed by atoms with Crippen LogP contribution in [-0.2, 0) is 0 Å². The summed E-state index contributed by atoms with van der Waals surface area (Å²) in [5.74, 6) is 0.124. The predicted octanol–water partition coefficient (Wildman–Crippen LogP) is 3.74. The monoisotopic (exact) mass is 296 g/mol. The largest absolute Gasteiger partial charge is 0.310 e. The van der Waals surface area contributed by atoms with E-state index in [0.717, 1.165) is 31.5 Å². The van der Waals surface area contributed by atoms with Crippen molar-refractivity contribution in [3.63, 3.8) is 0 Å². The van der Waals surface area contributed by atoms with Crippen LogP contribution in [0.4, 0.5) is 8.78 Å². The number of likely N-dealkylation sites (tertiary alicyclic amines) is 1. The van der Waals surface area contributed by atoms with Crippen LogP contribution >= 0.6 is 0 Å². The lowest BCUT2D eigenvalue weighted by atomic mass is 9.99. The van der Waals surface area contributed by atoms with E-state index in [1.165, 1.54) is 38.1 Å². The summed E-state index contributed by atoms with van der Waals surface area (Å²) >= 11 is 0. The molecule has 21 heavy (non-hydrogen) atoms. The topological polar surface area (TPSA) is 15.3 Å². The maximum atomic E-state index is 13.6. The van der Waals surface area contributed by atoms with Gasteiger partial charge in [0.25, 0.3) is 0 Å². The van der Waals surface area contributed by atoms with Crippen molar-refractivity contribution in [2.24, 2.45) is 5.92 Å². The normalized spacial score (nSPS) is 18.9. The number of nitrogens with zero attached hydrogens (tertiary/aromatic N) is 1. The van der Waals surface area contributed by atoms with Crippen LogP contribution in [0.1, 0.15) is 44.7 Å². The van der Waals surface area contributed by atoms with E-state index in [9.17, 15) is 8.78 Å². The molecule has 1 unspecified atom stereocenters. The molecule has 0 aromatic heterocycles. The zero-order valence-corrected chi connectivity index (χ0v) is 13.0. The first-order valence-corrected chi connectivity index (χ1v) is 7.97. The Kier molecular flexibility index (Phi) is 6.12. The molecule has 2 rings (SSSR count). The standard InChI is InChI=1S/C17H26F2N2/c1-13-6-10-21(11-7-13)9-3-8-20-14(2)16-12-15(18)4-5-17(16)19/h4-5,12-14,20H,3,6-11H2,1-2H3. The predicted molar refractivity (Wildman–Crippen MR) is 82.2 cm³/mol. The Morgan fingerprint density at radius 3 is 2.71 bits per heavy atom. The smallest absolute Gasteiger partial charge is 0.128 e. The summed E-state index contributed by atoms with van der Waals surface area (Å²) in [6.45, 7) is 8.47. The van der Waals surface area contributed by atoms with Crippen LogP contribution in [0.5, 0.6) is 0 Å². The molecule has 0 spiro atoms. The number of hydrogen-bond donors (Lipinski definition) is 1. The van der Waals surface area contributed by atoms with E-state index >= 15 is 0 Å². The van der Waals surface area contributed by atoms with Gasteiger partial charge in [-0.15, -0.1) is 0 Å². The highest BCUT2D eigenvalue weighted by atomic mass is 19.1. The molecule has 0 aliphatic carbocycles. The van der Waals surface area contributed by atoms with Gasteiger partial charge >= 0.3 is 0 Å². The van der Waals surface area contributed by atoms with Crippen molar-refractivity contribution in [3.8, 4) is 0 Å². The molecule has 0 saturated carbocycles. The fourth-order valence-corrected chi connectivity index (χ4v) is 2.86. The molecule has 1 aromatic rings. The van der Waals surface area contributed by atoms with E-state index in [-0.39, 0.29) is 17.7 Å². The molecule has 118 valence electrons. The second-order valence-corrected chi connectivity index (χ2v) is 6.22. The van der Waals surface area contributed by atoms with E-state index in [1.54, 1.807) is 0 Å². The van der Waals surface area contributed by atoms with E-state index < -0.39 is 0 Å². The molecule has 0 amide bonds. The second kappa shape index (κ2) is 7.85. The van der Waals surface area contributed by atoms with Crippen LogP contribution in [0.3, 0.4) is 0 Å². The molecule has 1 N–H and O–H groups in total. The second-order valence-electron chi connectivity index (χ2n) is 6.22. The van der Waals surface area contributed by atoms with Crippen LogP contribution in [0.25, 0.3) is 0 Å². The average molecular weight is 296 g/mol. The van der Waals surface area contributed by atoms with Crippen LogP contribution in [0.15, 0.2) is 18.2 Å². The van der Waals surface area contributed by atoms with Gasteiger partial charge in [-0.25, -0.2) is 8.78 Å². The molecule has 1 fully saturated rings. The van der Waals surface area contributed by atoms with Gasteiger partial charge in [0, 0.05) is 11.6 Å². The average Bonchev–Trinajstić information content (AvgIpc) is 2.47. The summed E-state index contributed by atoms with van der Waals surface area (Å²) in [4.78, 5) is 2.50. The highest BCUT2D eigenvalue weighted by Gasteiger charge is 2.15. The molecule has 2 nitrogen and oxygen atoms in total. The fraction of sp³-hybridized carbons (Fsp3) is 0.647. The molecule has 0 radical (unpaired) electrons. The number of benzene rings is 1. The first-order chi connectivity index (χ1) is 10.1. The van der Waals surface area contributed by atoms with E-state index in [4.69, 9.17) is 0 Å². The van der Waals surface area contributed by atoms with Gasteiger partial charge in [-0.3, -0.25) is 0 Å². The Hall–Kier alpha value is -1.00. The lowest BCUT2D eigenvalue weighted by Crippen LogP contribution is -2.35. The minimum absolute atomic E-state index is 0.165. The maximum Gasteiger partial charge on any atom is 0.128 e. The van der Waals surface area contributed by atoms with E-state index in [2.05, 4.69) is 17.1 Å². The molecule has 1 aromatic carbocycles. The Labute approximate surface area is 126 Å². The summed E-state index contributed by atoms with van der Waals surface area (Å²) in [5.41, 5.74) is 0.404. The zero-order valence-electron chi connectivity index (χ0n) is 13.0. The summed E-state index contributed by atoms with van der Waals surface area (Å²) in [6, 6.07) is 3.46. The quantitative estimate of drug-likeness (QED) is 0.805. The Morgan fingerprint density at radius 2 is 2.00 bits per heavy atom. The van der Waals surface area contributed by atoms with Crippen molar-refractivity contribution in [2.75, 3.05) is 26.2 Å². The van der Waals surface area contributed by atoms with Gasteiger partial charge in [-0.2, -0.15) is 0 Å². The van der Waals surface area contributed by atoms with Crippen LogP contribution in [0, 0.1) is 17.6 Å². The maximum absolute atomic E-state index is 13.6. The SMILES string of the molecule is CC1CCN(CCCNC(C)c2cc(F)ccc2F)CC1. The molecule has 1 aliphatic heterocycles. The van der Waals surface area contributed by atoms with Crippen LogP contribution < -0.4 is 5.32 Å². The third-order valence-electron chi connectivity index (χ3n) is 4.40. The highest BCUT2D eigenvalue weighted by Crippen LogP contribution is 2.18. The lowest BCUT2D eigenvalue weighted by Gasteiger charge is -2.30. The van der Waals surface area contributed by atoms with Gasteiger partial charge in [0.1, 0.15) is 11.6 Å². The number of nitrogens with one attached hydrogen (secondary N) is 1.